The van der Waals surface area contributed by atoms with E-state index in [2.05, 4.69) is 6.92 Å². The minimum Gasteiger partial charge on any atom is -0.380 e. The Morgan fingerprint density at radius 3 is 1.70 bits per heavy atom. The zero-order valence-electron chi connectivity index (χ0n) is 12.3. The maximum Gasteiger partial charge on any atom is 0.104 e. The largest absolute Gasteiger partial charge is 0.380 e. The van der Waals surface area contributed by atoms with E-state index in [1.54, 1.807) is 0 Å². The topological polar surface area (TPSA) is 52.8 Å². The first kappa shape index (κ1) is 14.7. The summed E-state index contributed by atoms with van der Waals surface area (Å²) in [6, 6.07) is 0. The Kier molecular flexibility index (Phi) is 4.94. The summed E-state index contributed by atoms with van der Waals surface area (Å²) in [6.07, 6.45) is 3.27. The van der Waals surface area contributed by atoms with Crippen LogP contribution in [0.4, 0.5) is 0 Å². The van der Waals surface area contributed by atoms with Gasteiger partial charge in [0.15, 0.2) is 0 Å². The molecule has 1 unspecified atom stereocenters. The molecule has 116 valence electrons. The SMILES string of the molecule is CC(COCC1CC1)(COC[C@@H]1CO1)COC[C@H]1CO1. The van der Waals surface area contributed by atoms with Crippen molar-refractivity contribution < 1.29 is 23.7 Å². The fourth-order valence-electron chi connectivity index (χ4n) is 2.08. The molecule has 3 fully saturated rings. The summed E-state index contributed by atoms with van der Waals surface area (Å²) in [5.74, 6) is 0.792. The van der Waals surface area contributed by atoms with Crippen LogP contribution in [0.15, 0.2) is 0 Å². The Labute approximate surface area is 120 Å². The van der Waals surface area contributed by atoms with Gasteiger partial charge in [-0.15, -0.1) is 0 Å². The fourth-order valence-corrected chi connectivity index (χ4v) is 2.08. The van der Waals surface area contributed by atoms with E-state index in [1.165, 1.54) is 12.8 Å². The monoisotopic (exact) mass is 286 g/mol. The molecule has 0 aromatic carbocycles. The van der Waals surface area contributed by atoms with Crippen LogP contribution in [0.1, 0.15) is 19.8 Å². The van der Waals surface area contributed by atoms with Gasteiger partial charge in [0, 0.05) is 12.0 Å². The lowest BCUT2D eigenvalue weighted by atomic mass is 9.94. The summed E-state index contributed by atoms with van der Waals surface area (Å²) in [5.41, 5.74) is -0.0847. The van der Waals surface area contributed by atoms with Crippen molar-refractivity contribution in [3.63, 3.8) is 0 Å². The van der Waals surface area contributed by atoms with Gasteiger partial charge in [-0.1, -0.05) is 6.92 Å². The third-order valence-electron chi connectivity index (χ3n) is 3.81. The van der Waals surface area contributed by atoms with E-state index >= 15 is 0 Å². The van der Waals surface area contributed by atoms with Gasteiger partial charge in [-0.3, -0.25) is 0 Å². The first-order valence-electron chi connectivity index (χ1n) is 7.70. The zero-order chi connectivity index (χ0) is 13.8. The molecule has 5 nitrogen and oxygen atoms in total. The molecule has 0 radical (unpaired) electrons. The second-order valence-electron chi connectivity index (χ2n) is 6.71. The number of rotatable bonds is 12. The van der Waals surface area contributed by atoms with Gasteiger partial charge >= 0.3 is 0 Å². The predicted octanol–water partition coefficient (Wildman–Crippen LogP) is 1.25. The average Bonchev–Trinajstić information content (AvgIpc) is 3.24. The Bertz CT molecular complexity index is 251. The molecule has 1 saturated carbocycles. The van der Waals surface area contributed by atoms with Gasteiger partial charge in [0.1, 0.15) is 12.2 Å². The van der Waals surface area contributed by atoms with Crippen LogP contribution < -0.4 is 0 Å². The van der Waals surface area contributed by atoms with Crippen LogP contribution in [-0.4, -0.2) is 65.1 Å². The summed E-state index contributed by atoms with van der Waals surface area (Å²) in [6.45, 7) is 8.10. The maximum atomic E-state index is 5.85. The second-order valence-corrected chi connectivity index (χ2v) is 6.71. The smallest absolute Gasteiger partial charge is 0.104 e. The van der Waals surface area contributed by atoms with Crippen molar-refractivity contribution in [1.82, 2.24) is 0 Å². The molecule has 0 amide bonds. The highest BCUT2D eigenvalue weighted by Gasteiger charge is 2.31. The van der Waals surface area contributed by atoms with E-state index in [0.717, 1.165) is 25.7 Å². The van der Waals surface area contributed by atoms with E-state index in [0.29, 0.717) is 45.2 Å². The first-order valence-corrected chi connectivity index (χ1v) is 7.70. The zero-order valence-corrected chi connectivity index (χ0v) is 12.3. The molecule has 3 atom stereocenters. The van der Waals surface area contributed by atoms with Gasteiger partial charge in [0.2, 0.25) is 0 Å². The summed E-state index contributed by atoms with van der Waals surface area (Å²) >= 11 is 0. The van der Waals surface area contributed by atoms with Gasteiger partial charge in [0.05, 0.1) is 46.2 Å². The molecule has 5 heteroatoms. The van der Waals surface area contributed by atoms with Crippen molar-refractivity contribution in [3.05, 3.63) is 0 Å². The molecule has 0 bridgehead atoms. The molecule has 2 heterocycles. The van der Waals surface area contributed by atoms with Crippen LogP contribution in [0, 0.1) is 11.3 Å². The molecule has 0 N–H and O–H groups in total. The fraction of sp³-hybridized carbons (Fsp3) is 1.00. The first-order chi connectivity index (χ1) is 9.73. The van der Waals surface area contributed by atoms with E-state index < -0.39 is 0 Å². The lowest BCUT2D eigenvalue weighted by molar-refractivity contribution is -0.0648. The highest BCUT2D eigenvalue weighted by Crippen LogP contribution is 2.30. The third kappa shape index (κ3) is 5.66. The number of epoxide rings is 2. The maximum absolute atomic E-state index is 5.85. The summed E-state index contributed by atoms with van der Waals surface area (Å²) in [4.78, 5) is 0. The summed E-state index contributed by atoms with van der Waals surface area (Å²) in [7, 11) is 0. The van der Waals surface area contributed by atoms with Gasteiger partial charge in [-0.2, -0.15) is 0 Å². The molecule has 1 aliphatic carbocycles. The highest BCUT2D eigenvalue weighted by atomic mass is 16.6. The lowest BCUT2D eigenvalue weighted by Crippen LogP contribution is -2.35. The van der Waals surface area contributed by atoms with Crippen LogP contribution >= 0.6 is 0 Å². The molecule has 3 rings (SSSR count). The highest BCUT2D eigenvalue weighted by molar-refractivity contribution is 4.78. The average molecular weight is 286 g/mol. The number of ether oxygens (including phenoxy) is 5. The van der Waals surface area contributed by atoms with E-state index in [1.807, 2.05) is 0 Å². The molecule has 0 aromatic heterocycles. The molecular formula is C15H26O5. The van der Waals surface area contributed by atoms with Crippen molar-refractivity contribution >= 4 is 0 Å². The minimum atomic E-state index is -0.0847. The van der Waals surface area contributed by atoms with Crippen molar-refractivity contribution in [1.29, 1.82) is 0 Å². The summed E-state index contributed by atoms with van der Waals surface area (Å²) in [5, 5.41) is 0. The molecule has 20 heavy (non-hydrogen) atoms. The Morgan fingerprint density at radius 1 is 0.850 bits per heavy atom. The normalized spacial score (nSPS) is 31.1. The Balaban J connectivity index is 1.35. The van der Waals surface area contributed by atoms with E-state index in [4.69, 9.17) is 23.7 Å². The van der Waals surface area contributed by atoms with E-state index in [-0.39, 0.29) is 5.41 Å². The van der Waals surface area contributed by atoms with Crippen LogP contribution in [0.3, 0.4) is 0 Å². The van der Waals surface area contributed by atoms with Gasteiger partial charge < -0.3 is 23.7 Å². The molecule has 2 aliphatic heterocycles. The second kappa shape index (κ2) is 6.71. The molecule has 0 aromatic rings. The predicted molar refractivity (Wildman–Crippen MR) is 72.8 cm³/mol. The lowest BCUT2D eigenvalue weighted by Gasteiger charge is -2.29. The van der Waals surface area contributed by atoms with Gasteiger partial charge in [0.25, 0.3) is 0 Å². The van der Waals surface area contributed by atoms with Crippen LogP contribution in [-0.2, 0) is 23.7 Å². The Hall–Kier alpha value is -0.200. The van der Waals surface area contributed by atoms with Gasteiger partial charge in [-0.25, -0.2) is 0 Å². The summed E-state index contributed by atoms with van der Waals surface area (Å²) < 4.78 is 27.7. The minimum absolute atomic E-state index is 0.0847. The van der Waals surface area contributed by atoms with Crippen molar-refractivity contribution in [2.24, 2.45) is 11.3 Å². The van der Waals surface area contributed by atoms with Gasteiger partial charge in [-0.05, 0) is 18.8 Å². The Morgan fingerprint density at radius 2 is 1.30 bits per heavy atom. The molecular weight excluding hydrogens is 260 g/mol. The quantitative estimate of drug-likeness (QED) is 0.505. The van der Waals surface area contributed by atoms with Crippen LogP contribution in [0.5, 0.6) is 0 Å². The standard InChI is InChI=1S/C15H26O5/c1-15(9-16-4-12-2-3-12,10-17-5-13-7-19-13)11-18-6-14-8-20-14/h12-14H,2-11H2,1H3/t13-,14+,15?. The molecule has 3 aliphatic rings. The van der Waals surface area contributed by atoms with Crippen molar-refractivity contribution in [2.75, 3.05) is 52.9 Å². The van der Waals surface area contributed by atoms with E-state index in [9.17, 15) is 0 Å². The number of hydrogen-bond acceptors (Lipinski definition) is 5. The van der Waals surface area contributed by atoms with Crippen molar-refractivity contribution in [2.45, 2.75) is 32.0 Å². The number of hydrogen-bond donors (Lipinski definition) is 0. The molecule has 0 spiro atoms. The molecule has 2 saturated heterocycles. The van der Waals surface area contributed by atoms with Crippen LogP contribution in [0.2, 0.25) is 0 Å². The van der Waals surface area contributed by atoms with Crippen LogP contribution in [0.25, 0.3) is 0 Å². The van der Waals surface area contributed by atoms with Crippen molar-refractivity contribution in [3.8, 4) is 0 Å². The third-order valence-corrected chi connectivity index (χ3v) is 3.81.